The Bertz CT molecular complexity index is 476. The van der Waals surface area contributed by atoms with E-state index in [1.807, 2.05) is 17.2 Å². The molecule has 3 rings (SSSR count). The Balaban J connectivity index is 1.85. The number of nitrogen functional groups attached to an aromatic ring is 1. The van der Waals surface area contributed by atoms with Crippen LogP contribution in [0.1, 0.15) is 62.0 Å². The Morgan fingerprint density at radius 2 is 2.05 bits per heavy atom. The van der Waals surface area contributed by atoms with Crippen LogP contribution in [0.15, 0.2) is 12.3 Å². The molecule has 4 heteroatoms. The van der Waals surface area contributed by atoms with Gasteiger partial charge in [-0.25, -0.2) is 0 Å². The highest BCUT2D eigenvalue weighted by atomic mass is 16.2. The van der Waals surface area contributed by atoms with Crippen LogP contribution < -0.4 is 5.73 Å². The van der Waals surface area contributed by atoms with Crippen molar-refractivity contribution in [3.63, 3.8) is 0 Å². The van der Waals surface area contributed by atoms with E-state index < -0.39 is 0 Å². The number of nitrogens with zero attached hydrogens (tertiary/aromatic N) is 2. The van der Waals surface area contributed by atoms with Crippen LogP contribution >= 0.6 is 0 Å². The van der Waals surface area contributed by atoms with Gasteiger partial charge in [-0.05, 0) is 38.7 Å². The van der Waals surface area contributed by atoms with Crippen LogP contribution in [0.2, 0.25) is 0 Å². The van der Waals surface area contributed by atoms with Crippen molar-refractivity contribution in [2.45, 2.75) is 57.5 Å². The first-order chi connectivity index (χ1) is 9.16. The highest BCUT2D eigenvalue weighted by Crippen LogP contribution is 2.37. The first-order valence-electron chi connectivity index (χ1n) is 7.45. The van der Waals surface area contributed by atoms with Gasteiger partial charge in [-0.15, -0.1) is 0 Å². The van der Waals surface area contributed by atoms with Gasteiger partial charge in [0.2, 0.25) is 0 Å². The van der Waals surface area contributed by atoms with E-state index in [-0.39, 0.29) is 5.91 Å². The molecule has 1 saturated carbocycles. The molecule has 1 aromatic heterocycles. The Kier molecular flexibility index (Phi) is 3.25. The quantitative estimate of drug-likeness (QED) is 0.890. The summed E-state index contributed by atoms with van der Waals surface area (Å²) in [5.74, 6) is 0.165. The molecule has 1 amide bonds. The lowest BCUT2D eigenvalue weighted by Gasteiger charge is -2.27. The second-order valence-electron chi connectivity index (χ2n) is 5.99. The van der Waals surface area contributed by atoms with Gasteiger partial charge in [-0.1, -0.05) is 12.8 Å². The average molecular weight is 261 g/mol. The molecule has 2 fully saturated rings. The molecule has 1 atom stereocenters. The van der Waals surface area contributed by atoms with Crippen molar-refractivity contribution in [1.29, 1.82) is 0 Å². The summed E-state index contributed by atoms with van der Waals surface area (Å²) >= 11 is 0. The number of carbonyl (C=O) groups is 1. The van der Waals surface area contributed by atoms with Crippen LogP contribution in [0.3, 0.4) is 0 Å². The highest BCUT2D eigenvalue weighted by molar-refractivity contribution is 5.94. The third-order valence-corrected chi connectivity index (χ3v) is 4.34. The third kappa shape index (κ3) is 2.48. The average Bonchev–Trinajstić information content (AvgIpc) is 3.17. The van der Waals surface area contributed by atoms with E-state index in [0.29, 0.717) is 17.8 Å². The number of carbonyl (C=O) groups excluding carboxylic acids is 1. The zero-order chi connectivity index (χ0) is 13.4. The molecule has 0 radical (unpaired) electrons. The monoisotopic (exact) mass is 261 g/mol. The van der Waals surface area contributed by atoms with Crippen molar-refractivity contribution in [3.05, 3.63) is 18.0 Å². The van der Waals surface area contributed by atoms with Crippen molar-refractivity contribution < 1.29 is 4.79 Å². The van der Waals surface area contributed by atoms with E-state index in [4.69, 9.17) is 5.73 Å². The number of rotatable bonds is 2. The number of amides is 1. The molecule has 0 aromatic carbocycles. The molecule has 1 aliphatic heterocycles. The Hall–Kier alpha value is -1.45. The molecule has 1 aromatic rings. The smallest absolute Gasteiger partial charge is 0.270 e. The number of anilines is 1. The fourth-order valence-electron chi connectivity index (χ4n) is 3.05. The first kappa shape index (κ1) is 12.6. The fraction of sp³-hybridized carbons (Fsp3) is 0.667. The summed E-state index contributed by atoms with van der Waals surface area (Å²) in [6.07, 6.45) is 8.97. The molecule has 104 valence electrons. The molecule has 0 spiro atoms. The zero-order valence-electron chi connectivity index (χ0n) is 11.6. The lowest BCUT2D eigenvalue weighted by molar-refractivity contribution is 0.0686. The molecule has 0 bridgehead atoms. The first-order valence-corrected chi connectivity index (χ1v) is 7.45. The lowest BCUT2D eigenvalue weighted by atomic mass is 10.1. The Morgan fingerprint density at radius 1 is 1.26 bits per heavy atom. The number of nitrogens with two attached hydrogens (primary N) is 1. The van der Waals surface area contributed by atoms with E-state index in [2.05, 4.69) is 11.5 Å². The van der Waals surface area contributed by atoms with Crippen LogP contribution in [0.5, 0.6) is 0 Å². The lowest BCUT2D eigenvalue weighted by Crippen LogP contribution is -2.39. The summed E-state index contributed by atoms with van der Waals surface area (Å²) < 4.78 is 2.09. The number of hydrogen-bond acceptors (Lipinski definition) is 2. The van der Waals surface area contributed by atoms with Gasteiger partial charge in [-0.2, -0.15) is 0 Å². The number of hydrogen-bond donors (Lipinski definition) is 1. The second kappa shape index (κ2) is 4.91. The molecule has 19 heavy (non-hydrogen) atoms. The molecule has 2 heterocycles. The number of aromatic nitrogens is 1. The van der Waals surface area contributed by atoms with Gasteiger partial charge < -0.3 is 15.2 Å². The van der Waals surface area contributed by atoms with E-state index >= 15 is 0 Å². The van der Waals surface area contributed by atoms with Crippen LogP contribution in [0, 0.1) is 0 Å². The fourth-order valence-corrected chi connectivity index (χ4v) is 3.05. The van der Waals surface area contributed by atoms with E-state index in [1.165, 1.54) is 25.7 Å². The van der Waals surface area contributed by atoms with Crippen molar-refractivity contribution in [2.24, 2.45) is 0 Å². The molecule has 2 aliphatic rings. The SMILES string of the molecule is CC1CCCCCN1C(=O)c1cc(N)cn1C1CC1. The van der Waals surface area contributed by atoms with Gasteiger partial charge in [0.15, 0.2) is 0 Å². The molecule has 2 N–H and O–H groups in total. The normalized spacial score (nSPS) is 24.3. The molecule has 1 unspecified atom stereocenters. The summed E-state index contributed by atoms with van der Waals surface area (Å²) in [6, 6.07) is 2.69. The maximum Gasteiger partial charge on any atom is 0.270 e. The van der Waals surface area contributed by atoms with E-state index in [1.54, 1.807) is 0 Å². The largest absolute Gasteiger partial charge is 0.397 e. The minimum Gasteiger partial charge on any atom is -0.397 e. The molecule has 1 aliphatic carbocycles. The summed E-state index contributed by atoms with van der Waals surface area (Å²) in [4.78, 5) is 14.8. The van der Waals surface area contributed by atoms with E-state index in [9.17, 15) is 4.79 Å². The van der Waals surface area contributed by atoms with Crippen LogP contribution in [0.25, 0.3) is 0 Å². The Labute approximate surface area is 114 Å². The topological polar surface area (TPSA) is 51.3 Å². The maximum absolute atomic E-state index is 12.8. The third-order valence-electron chi connectivity index (χ3n) is 4.34. The van der Waals surface area contributed by atoms with Gasteiger partial charge in [0, 0.05) is 24.8 Å². The minimum atomic E-state index is 0.165. The van der Waals surface area contributed by atoms with Gasteiger partial charge in [0.1, 0.15) is 5.69 Å². The predicted molar refractivity (Wildman–Crippen MR) is 76.1 cm³/mol. The summed E-state index contributed by atoms with van der Waals surface area (Å²) in [7, 11) is 0. The molecular weight excluding hydrogens is 238 g/mol. The van der Waals surface area contributed by atoms with Crippen LogP contribution in [0.4, 0.5) is 5.69 Å². The summed E-state index contributed by atoms with van der Waals surface area (Å²) in [5.41, 5.74) is 7.38. The van der Waals surface area contributed by atoms with Crippen LogP contribution in [-0.4, -0.2) is 28.0 Å². The van der Waals surface area contributed by atoms with Crippen molar-refractivity contribution >= 4 is 11.6 Å². The molecular formula is C15H23N3O. The highest BCUT2D eigenvalue weighted by Gasteiger charge is 2.31. The maximum atomic E-state index is 12.8. The van der Waals surface area contributed by atoms with Gasteiger partial charge in [0.05, 0.1) is 5.69 Å². The van der Waals surface area contributed by atoms with Gasteiger partial charge in [0.25, 0.3) is 5.91 Å². The van der Waals surface area contributed by atoms with Crippen molar-refractivity contribution in [1.82, 2.24) is 9.47 Å². The second-order valence-corrected chi connectivity index (χ2v) is 5.99. The minimum absolute atomic E-state index is 0.165. The van der Waals surface area contributed by atoms with Gasteiger partial charge >= 0.3 is 0 Å². The van der Waals surface area contributed by atoms with E-state index in [0.717, 1.165) is 25.1 Å². The van der Waals surface area contributed by atoms with Crippen molar-refractivity contribution in [2.75, 3.05) is 12.3 Å². The number of likely N-dealkylation sites (tertiary alicyclic amines) is 1. The zero-order valence-corrected chi connectivity index (χ0v) is 11.6. The Morgan fingerprint density at radius 3 is 2.79 bits per heavy atom. The van der Waals surface area contributed by atoms with Crippen molar-refractivity contribution in [3.8, 4) is 0 Å². The van der Waals surface area contributed by atoms with Gasteiger partial charge in [-0.3, -0.25) is 4.79 Å². The summed E-state index contributed by atoms with van der Waals surface area (Å²) in [5, 5.41) is 0. The predicted octanol–water partition coefficient (Wildman–Crippen LogP) is 2.81. The molecule has 4 nitrogen and oxygen atoms in total. The van der Waals surface area contributed by atoms with Crippen LogP contribution in [-0.2, 0) is 0 Å². The molecule has 1 saturated heterocycles. The summed E-state index contributed by atoms with van der Waals surface area (Å²) in [6.45, 7) is 3.05. The standard InChI is InChI=1S/C15H23N3O/c1-11-5-3-2-4-8-17(11)15(19)14-9-12(16)10-18(14)13-6-7-13/h9-11,13H,2-8,16H2,1H3.